The molecule has 4 heteroatoms. The summed E-state index contributed by atoms with van der Waals surface area (Å²) in [5.41, 5.74) is 1.06. The van der Waals surface area contributed by atoms with Crippen molar-refractivity contribution in [2.24, 2.45) is 0 Å². The third kappa shape index (κ3) is 3.24. The molecule has 104 valence electrons. The van der Waals surface area contributed by atoms with Crippen molar-refractivity contribution in [2.75, 3.05) is 11.4 Å². The first kappa shape index (κ1) is 12.9. The van der Waals surface area contributed by atoms with Crippen LogP contribution in [0.15, 0.2) is 12.4 Å². The van der Waals surface area contributed by atoms with Gasteiger partial charge in [0.05, 0.1) is 18.1 Å². The molecule has 1 N–H and O–H groups in total. The summed E-state index contributed by atoms with van der Waals surface area (Å²) in [5.74, 6) is 1.06. The highest BCUT2D eigenvalue weighted by molar-refractivity contribution is 5.38. The first-order valence-corrected chi connectivity index (χ1v) is 7.67. The number of rotatable bonds is 5. The van der Waals surface area contributed by atoms with E-state index < -0.39 is 0 Å². The molecule has 19 heavy (non-hydrogen) atoms. The molecular weight excluding hydrogens is 236 g/mol. The SMILES string of the molecule is CCC1CCCCN1c1cnc(CNC2CC2)cn1. The van der Waals surface area contributed by atoms with Gasteiger partial charge in [-0.1, -0.05) is 6.92 Å². The predicted octanol–water partition coefficient (Wildman–Crippen LogP) is 2.50. The summed E-state index contributed by atoms with van der Waals surface area (Å²) in [6.07, 6.45) is 11.7. The molecule has 2 heterocycles. The van der Waals surface area contributed by atoms with Crippen molar-refractivity contribution < 1.29 is 0 Å². The molecule has 1 aliphatic carbocycles. The lowest BCUT2D eigenvalue weighted by Crippen LogP contribution is -2.39. The average molecular weight is 260 g/mol. The molecule has 1 aromatic rings. The molecule has 0 radical (unpaired) electrons. The fourth-order valence-electron chi connectivity index (χ4n) is 2.85. The first-order valence-electron chi connectivity index (χ1n) is 7.67. The Kier molecular flexibility index (Phi) is 3.97. The van der Waals surface area contributed by atoms with Crippen LogP contribution in [-0.4, -0.2) is 28.6 Å². The minimum atomic E-state index is 0.651. The lowest BCUT2D eigenvalue weighted by molar-refractivity contribution is 0.446. The Bertz CT molecular complexity index is 399. The monoisotopic (exact) mass is 260 g/mol. The van der Waals surface area contributed by atoms with E-state index in [9.17, 15) is 0 Å². The number of hydrogen-bond acceptors (Lipinski definition) is 4. The summed E-state index contributed by atoms with van der Waals surface area (Å²) >= 11 is 0. The lowest BCUT2D eigenvalue weighted by Gasteiger charge is -2.36. The Balaban J connectivity index is 1.62. The average Bonchev–Trinajstić information content (AvgIpc) is 3.30. The summed E-state index contributed by atoms with van der Waals surface area (Å²) in [6.45, 7) is 4.26. The van der Waals surface area contributed by atoms with Gasteiger partial charge in [0.1, 0.15) is 5.82 Å². The van der Waals surface area contributed by atoms with Gasteiger partial charge in [-0.25, -0.2) is 4.98 Å². The highest BCUT2D eigenvalue weighted by Gasteiger charge is 2.22. The van der Waals surface area contributed by atoms with Gasteiger partial charge in [-0.15, -0.1) is 0 Å². The van der Waals surface area contributed by atoms with Crippen molar-refractivity contribution in [3.05, 3.63) is 18.1 Å². The predicted molar refractivity (Wildman–Crippen MR) is 77.2 cm³/mol. The second-order valence-corrected chi connectivity index (χ2v) is 5.77. The standard InChI is InChI=1S/C15H24N4/c1-2-14-5-3-4-8-19(14)15-11-17-13(10-18-15)9-16-12-6-7-12/h10-12,14,16H,2-9H2,1H3. The van der Waals surface area contributed by atoms with E-state index >= 15 is 0 Å². The van der Waals surface area contributed by atoms with Gasteiger partial charge in [0, 0.05) is 25.2 Å². The fourth-order valence-corrected chi connectivity index (χ4v) is 2.85. The van der Waals surface area contributed by atoms with Crippen LogP contribution in [0, 0.1) is 0 Å². The smallest absolute Gasteiger partial charge is 0.147 e. The molecule has 3 rings (SSSR count). The van der Waals surface area contributed by atoms with Crippen molar-refractivity contribution in [3.63, 3.8) is 0 Å². The molecule has 2 aliphatic rings. The van der Waals surface area contributed by atoms with Crippen LogP contribution < -0.4 is 10.2 Å². The summed E-state index contributed by atoms with van der Waals surface area (Å²) in [7, 11) is 0. The molecule has 0 bridgehead atoms. The number of nitrogens with zero attached hydrogens (tertiary/aromatic N) is 3. The topological polar surface area (TPSA) is 41.1 Å². The Morgan fingerprint density at radius 2 is 2.11 bits per heavy atom. The maximum absolute atomic E-state index is 4.62. The summed E-state index contributed by atoms with van der Waals surface area (Å²) in [4.78, 5) is 11.6. The van der Waals surface area contributed by atoms with Crippen molar-refractivity contribution in [3.8, 4) is 0 Å². The number of piperidine rings is 1. The van der Waals surface area contributed by atoms with Crippen LogP contribution in [0.5, 0.6) is 0 Å². The third-order valence-corrected chi connectivity index (χ3v) is 4.23. The molecule has 2 fully saturated rings. The third-order valence-electron chi connectivity index (χ3n) is 4.23. The van der Waals surface area contributed by atoms with E-state index in [1.807, 2.05) is 12.4 Å². The van der Waals surface area contributed by atoms with E-state index in [0.717, 1.165) is 30.6 Å². The lowest BCUT2D eigenvalue weighted by atomic mass is 10.0. The van der Waals surface area contributed by atoms with E-state index in [0.29, 0.717) is 6.04 Å². The summed E-state index contributed by atoms with van der Waals surface area (Å²) in [6, 6.07) is 1.38. The second kappa shape index (κ2) is 5.87. The van der Waals surface area contributed by atoms with E-state index in [2.05, 4.69) is 27.1 Å². The quantitative estimate of drug-likeness (QED) is 0.883. The van der Waals surface area contributed by atoms with Crippen molar-refractivity contribution in [1.29, 1.82) is 0 Å². The van der Waals surface area contributed by atoms with Gasteiger partial charge in [0.25, 0.3) is 0 Å². The van der Waals surface area contributed by atoms with E-state index in [-0.39, 0.29) is 0 Å². The Hall–Kier alpha value is -1.16. The van der Waals surface area contributed by atoms with Crippen LogP contribution >= 0.6 is 0 Å². The van der Waals surface area contributed by atoms with Crippen LogP contribution in [0.3, 0.4) is 0 Å². The zero-order chi connectivity index (χ0) is 13.1. The van der Waals surface area contributed by atoms with Crippen LogP contribution in [0.25, 0.3) is 0 Å². The van der Waals surface area contributed by atoms with Crippen LogP contribution in [-0.2, 0) is 6.54 Å². The fraction of sp³-hybridized carbons (Fsp3) is 0.733. The van der Waals surface area contributed by atoms with Gasteiger partial charge in [0.2, 0.25) is 0 Å². The molecular formula is C15H24N4. The largest absolute Gasteiger partial charge is 0.352 e. The van der Waals surface area contributed by atoms with Gasteiger partial charge >= 0.3 is 0 Å². The minimum Gasteiger partial charge on any atom is -0.352 e. The van der Waals surface area contributed by atoms with Gasteiger partial charge in [-0.2, -0.15) is 0 Å². The molecule has 1 aliphatic heterocycles. The van der Waals surface area contributed by atoms with Crippen molar-refractivity contribution in [1.82, 2.24) is 15.3 Å². The highest BCUT2D eigenvalue weighted by Crippen LogP contribution is 2.24. The van der Waals surface area contributed by atoms with Gasteiger partial charge in [-0.05, 0) is 38.5 Å². The van der Waals surface area contributed by atoms with Crippen LogP contribution in [0.1, 0.15) is 51.1 Å². The summed E-state index contributed by atoms with van der Waals surface area (Å²) in [5, 5.41) is 3.48. The number of aromatic nitrogens is 2. The van der Waals surface area contributed by atoms with Crippen molar-refractivity contribution >= 4 is 5.82 Å². The molecule has 0 amide bonds. The zero-order valence-corrected chi connectivity index (χ0v) is 11.8. The first-order chi connectivity index (χ1) is 9.36. The molecule has 1 saturated heterocycles. The molecule has 0 aromatic carbocycles. The maximum atomic E-state index is 4.62. The molecule has 1 unspecified atom stereocenters. The highest BCUT2D eigenvalue weighted by atomic mass is 15.2. The Morgan fingerprint density at radius 3 is 2.79 bits per heavy atom. The molecule has 1 saturated carbocycles. The Labute approximate surface area is 115 Å². The van der Waals surface area contributed by atoms with Gasteiger partial charge < -0.3 is 10.2 Å². The molecule has 1 aromatic heterocycles. The van der Waals surface area contributed by atoms with E-state index in [1.54, 1.807) is 0 Å². The number of anilines is 1. The molecule has 4 nitrogen and oxygen atoms in total. The van der Waals surface area contributed by atoms with E-state index in [4.69, 9.17) is 0 Å². The molecule has 0 spiro atoms. The number of nitrogens with one attached hydrogen (secondary N) is 1. The van der Waals surface area contributed by atoms with Gasteiger partial charge in [-0.3, -0.25) is 4.98 Å². The second-order valence-electron chi connectivity index (χ2n) is 5.77. The van der Waals surface area contributed by atoms with E-state index in [1.165, 1.54) is 38.5 Å². The minimum absolute atomic E-state index is 0.651. The normalized spacial score (nSPS) is 23.6. The zero-order valence-electron chi connectivity index (χ0n) is 11.8. The summed E-state index contributed by atoms with van der Waals surface area (Å²) < 4.78 is 0. The molecule has 1 atom stereocenters. The number of hydrogen-bond donors (Lipinski definition) is 1. The van der Waals surface area contributed by atoms with Crippen LogP contribution in [0.2, 0.25) is 0 Å². The maximum Gasteiger partial charge on any atom is 0.147 e. The van der Waals surface area contributed by atoms with Gasteiger partial charge in [0.15, 0.2) is 0 Å². The van der Waals surface area contributed by atoms with Crippen molar-refractivity contribution in [2.45, 2.75) is 64.1 Å². The van der Waals surface area contributed by atoms with Crippen LogP contribution in [0.4, 0.5) is 5.82 Å². The Morgan fingerprint density at radius 1 is 1.21 bits per heavy atom.